The molecule has 1 aliphatic heterocycles. The topological polar surface area (TPSA) is 21.3 Å². The van der Waals surface area contributed by atoms with Gasteiger partial charge >= 0.3 is 0 Å². The molecule has 0 unspecified atom stereocenters. The van der Waals surface area contributed by atoms with Gasteiger partial charge in [0.05, 0.1) is 11.6 Å². The molecule has 82 valence electrons. The number of nitrogens with one attached hydrogen (secondary N) is 1. The van der Waals surface area contributed by atoms with Crippen LogP contribution in [-0.4, -0.2) is 19.7 Å². The summed E-state index contributed by atoms with van der Waals surface area (Å²) in [6, 6.07) is 5.45. The van der Waals surface area contributed by atoms with Crippen LogP contribution < -0.4 is 10.1 Å². The predicted octanol–water partition coefficient (Wildman–Crippen LogP) is 2.98. The average molecular weight is 246 g/mol. The number of rotatable bonds is 3. The minimum Gasteiger partial charge on any atom is -0.492 e. The van der Waals surface area contributed by atoms with Crippen LogP contribution in [0.15, 0.2) is 18.2 Å². The van der Waals surface area contributed by atoms with Gasteiger partial charge in [-0.2, -0.15) is 0 Å². The molecule has 1 aromatic rings. The number of ether oxygens (including phenoxy) is 1. The fourth-order valence-corrected chi connectivity index (χ4v) is 2.01. The average Bonchev–Trinajstić information content (AvgIpc) is 2.73. The van der Waals surface area contributed by atoms with Gasteiger partial charge < -0.3 is 10.1 Å². The molecule has 2 rings (SSSR count). The summed E-state index contributed by atoms with van der Waals surface area (Å²) < 4.78 is 5.65. The maximum absolute atomic E-state index is 6.01. The van der Waals surface area contributed by atoms with E-state index in [2.05, 4.69) is 5.32 Å². The molecule has 1 aromatic carbocycles. The quantitative estimate of drug-likeness (QED) is 0.885. The molecule has 0 radical (unpaired) electrons. The standard InChI is InChI=1S/C11H13Cl2NO/c12-9-2-1-3-10(11(9)13)15-7-8-4-5-14-6-8/h1-3,8,14H,4-7H2/t8-/m0/s1. The summed E-state index contributed by atoms with van der Waals surface area (Å²) >= 11 is 11.9. The van der Waals surface area contributed by atoms with Gasteiger partial charge in [0.1, 0.15) is 10.8 Å². The molecule has 1 saturated heterocycles. The van der Waals surface area contributed by atoms with Gasteiger partial charge in [-0.1, -0.05) is 29.3 Å². The second-order valence-corrected chi connectivity index (χ2v) is 4.51. The van der Waals surface area contributed by atoms with E-state index in [1.54, 1.807) is 6.07 Å². The van der Waals surface area contributed by atoms with Crippen molar-refractivity contribution >= 4 is 23.2 Å². The Morgan fingerprint density at radius 1 is 1.40 bits per heavy atom. The third kappa shape index (κ3) is 2.77. The predicted molar refractivity (Wildman–Crippen MR) is 62.9 cm³/mol. The number of halogens is 2. The molecule has 15 heavy (non-hydrogen) atoms. The normalized spacial score (nSPS) is 20.5. The third-order valence-electron chi connectivity index (χ3n) is 2.55. The minimum absolute atomic E-state index is 0.505. The Kier molecular flexibility index (Phi) is 3.73. The van der Waals surface area contributed by atoms with Gasteiger partial charge in [-0.25, -0.2) is 0 Å². The van der Waals surface area contributed by atoms with E-state index in [4.69, 9.17) is 27.9 Å². The van der Waals surface area contributed by atoms with E-state index in [0.717, 1.165) is 19.5 Å². The van der Waals surface area contributed by atoms with Crippen LogP contribution in [-0.2, 0) is 0 Å². The van der Waals surface area contributed by atoms with Crippen molar-refractivity contribution in [3.8, 4) is 5.75 Å². The summed E-state index contributed by atoms with van der Waals surface area (Å²) in [6.45, 7) is 2.81. The molecule has 1 N–H and O–H groups in total. The molecule has 1 aliphatic rings. The van der Waals surface area contributed by atoms with Gasteiger partial charge in [-0.15, -0.1) is 0 Å². The first kappa shape index (κ1) is 11.1. The van der Waals surface area contributed by atoms with E-state index < -0.39 is 0 Å². The van der Waals surface area contributed by atoms with Crippen molar-refractivity contribution < 1.29 is 4.74 Å². The molecule has 0 aliphatic carbocycles. The van der Waals surface area contributed by atoms with Crippen LogP contribution in [0.5, 0.6) is 5.75 Å². The lowest BCUT2D eigenvalue weighted by Crippen LogP contribution is -2.15. The zero-order valence-electron chi connectivity index (χ0n) is 8.30. The summed E-state index contributed by atoms with van der Waals surface area (Å²) in [6.07, 6.45) is 1.16. The van der Waals surface area contributed by atoms with Crippen LogP contribution in [0, 0.1) is 5.92 Å². The fourth-order valence-electron chi connectivity index (χ4n) is 1.66. The summed E-state index contributed by atoms with van der Waals surface area (Å²) in [7, 11) is 0. The molecule has 1 fully saturated rings. The highest BCUT2D eigenvalue weighted by Crippen LogP contribution is 2.31. The first-order chi connectivity index (χ1) is 7.27. The van der Waals surface area contributed by atoms with Crippen LogP contribution in [0.2, 0.25) is 10.0 Å². The Morgan fingerprint density at radius 2 is 2.27 bits per heavy atom. The molecule has 0 aromatic heterocycles. The molecular formula is C11H13Cl2NO. The minimum atomic E-state index is 0.505. The Morgan fingerprint density at radius 3 is 3.00 bits per heavy atom. The summed E-state index contributed by atoms with van der Waals surface area (Å²) in [4.78, 5) is 0. The lowest BCUT2D eigenvalue weighted by atomic mass is 10.1. The van der Waals surface area contributed by atoms with E-state index in [-0.39, 0.29) is 0 Å². The zero-order chi connectivity index (χ0) is 10.7. The van der Waals surface area contributed by atoms with Crippen molar-refractivity contribution in [2.24, 2.45) is 5.92 Å². The van der Waals surface area contributed by atoms with Crippen molar-refractivity contribution in [1.82, 2.24) is 5.32 Å². The van der Waals surface area contributed by atoms with Crippen LogP contribution in [0.3, 0.4) is 0 Å². The molecule has 4 heteroatoms. The molecule has 0 bridgehead atoms. The lowest BCUT2D eigenvalue weighted by Gasteiger charge is -2.12. The van der Waals surface area contributed by atoms with E-state index in [9.17, 15) is 0 Å². The zero-order valence-corrected chi connectivity index (χ0v) is 9.81. The molecule has 0 spiro atoms. The first-order valence-corrected chi connectivity index (χ1v) is 5.80. The summed E-state index contributed by atoms with van der Waals surface area (Å²) in [5, 5.41) is 4.34. The SMILES string of the molecule is Clc1cccc(OC[C@H]2CCNC2)c1Cl. The van der Waals surface area contributed by atoms with Gasteiger partial charge in [0.25, 0.3) is 0 Å². The number of hydrogen-bond acceptors (Lipinski definition) is 2. The van der Waals surface area contributed by atoms with Gasteiger partial charge in [0.15, 0.2) is 0 Å². The van der Waals surface area contributed by atoms with Crippen molar-refractivity contribution in [1.29, 1.82) is 0 Å². The van der Waals surface area contributed by atoms with E-state index in [0.29, 0.717) is 28.3 Å². The van der Waals surface area contributed by atoms with Crippen molar-refractivity contribution in [2.45, 2.75) is 6.42 Å². The van der Waals surface area contributed by atoms with Gasteiger partial charge in [-0.05, 0) is 25.1 Å². The van der Waals surface area contributed by atoms with Gasteiger partial charge in [0.2, 0.25) is 0 Å². The highest BCUT2D eigenvalue weighted by atomic mass is 35.5. The number of benzene rings is 1. The molecular weight excluding hydrogens is 233 g/mol. The van der Waals surface area contributed by atoms with E-state index >= 15 is 0 Å². The Balaban J connectivity index is 1.95. The molecule has 1 atom stereocenters. The third-order valence-corrected chi connectivity index (χ3v) is 3.35. The highest BCUT2D eigenvalue weighted by molar-refractivity contribution is 6.42. The highest BCUT2D eigenvalue weighted by Gasteiger charge is 2.15. The fraction of sp³-hybridized carbons (Fsp3) is 0.455. The Labute approximate surface area is 99.5 Å². The molecule has 1 heterocycles. The molecule has 0 saturated carbocycles. The first-order valence-electron chi connectivity index (χ1n) is 5.05. The van der Waals surface area contributed by atoms with Crippen molar-refractivity contribution in [3.63, 3.8) is 0 Å². The lowest BCUT2D eigenvalue weighted by molar-refractivity contribution is 0.260. The maximum atomic E-state index is 6.01. The van der Waals surface area contributed by atoms with Crippen LogP contribution in [0.1, 0.15) is 6.42 Å². The largest absolute Gasteiger partial charge is 0.492 e. The second kappa shape index (κ2) is 5.06. The Hall–Kier alpha value is -0.440. The molecule has 0 amide bonds. The van der Waals surface area contributed by atoms with Crippen molar-refractivity contribution in [2.75, 3.05) is 19.7 Å². The van der Waals surface area contributed by atoms with Crippen LogP contribution >= 0.6 is 23.2 Å². The summed E-state index contributed by atoms with van der Waals surface area (Å²) in [5.41, 5.74) is 0. The monoisotopic (exact) mass is 245 g/mol. The molecule has 2 nitrogen and oxygen atoms in total. The second-order valence-electron chi connectivity index (χ2n) is 3.72. The van der Waals surface area contributed by atoms with Crippen LogP contribution in [0.4, 0.5) is 0 Å². The summed E-state index contributed by atoms with van der Waals surface area (Å²) in [5.74, 6) is 1.26. The Bertz CT molecular complexity index is 337. The van der Waals surface area contributed by atoms with Crippen LogP contribution in [0.25, 0.3) is 0 Å². The van der Waals surface area contributed by atoms with Gasteiger partial charge in [0, 0.05) is 12.5 Å². The van der Waals surface area contributed by atoms with E-state index in [1.165, 1.54) is 0 Å². The number of hydrogen-bond donors (Lipinski definition) is 1. The van der Waals surface area contributed by atoms with Crippen molar-refractivity contribution in [3.05, 3.63) is 28.2 Å². The smallest absolute Gasteiger partial charge is 0.139 e. The maximum Gasteiger partial charge on any atom is 0.139 e. The van der Waals surface area contributed by atoms with Gasteiger partial charge in [-0.3, -0.25) is 0 Å². The van der Waals surface area contributed by atoms with E-state index in [1.807, 2.05) is 12.1 Å².